The van der Waals surface area contributed by atoms with Crippen LogP contribution in [0.2, 0.25) is 0 Å². The first kappa shape index (κ1) is 16.5. The molecule has 2 rings (SSSR count). The molecule has 0 spiro atoms. The number of ketones is 1. The molecule has 2 aromatic carbocycles. The van der Waals surface area contributed by atoms with Crippen LogP contribution in [0.4, 0.5) is 0 Å². The van der Waals surface area contributed by atoms with Crippen LogP contribution in [0.3, 0.4) is 0 Å². The van der Waals surface area contributed by atoms with E-state index in [1.807, 2.05) is 36.4 Å². The van der Waals surface area contributed by atoms with Crippen molar-refractivity contribution in [2.24, 2.45) is 0 Å². The molecule has 0 atom stereocenters. The van der Waals surface area contributed by atoms with Crippen molar-refractivity contribution in [3.63, 3.8) is 0 Å². The molecule has 0 aliphatic heterocycles. The zero-order chi connectivity index (χ0) is 16.5. The van der Waals surface area contributed by atoms with Crippen LogP contribution >= 0.6 is 0 Å². The van der Waals surface area contributed by atoms with Gasteiger partial charge in [-0.3, -0.25) is 4.79 Å². The monoisotopic (exact) mass is 294 g/mol. The van der Waals surface area contributed by atoms with E-state index in [0.717, 1.165) is 11.1 Å². The molecule has 0 radical (unpaired) electrons. The topological polar surface area (TPSA) is 17.1 Å². The van der Waals surface area contributed by atoms with Gasteiger partial charge in [-0.05, 0) is 28.0 Å². The number of benzene rings is 2. The van der Waals surface area contributed by atoms with Crippen molar-refractivity contribution in [3.05, 3.63) is 70.8 Å². The maximum absolute atomic E-state index is 12.7. The predicted molar refractivity (Wildman–Crippen MR) is 93.7 cm³/mol. The molecular weight excluding hydrogens is 268 g/mol. The SMILES string of the molecule is CC(C)(C)c1ccc(C(=O)c2ccccc2)cc1C(C)(C)C. The molecule has 0 saturated heterocycles. The number of hydrogen-bond donors (Lipinski definition) is 0. The summed E-state index contributed by atoms with van der Waals surface area (Å²) in [6, 6.07) is 15.6. The van der Waals surface area contributed by atoms with Crippen LogP contribution in [0, 0.1) is 0 Å². The van der Waals surface area contributed by atoms with Crippen LogP contribution in [0.25, 0.3) is 0 Å². The highest BCUT2D eigenvalue weighted by Crippen LogP contribution is 2.34. The fraction of sp³-hybridized carbons (Fsp3) is 0.381. The molecule has 0 unspecified atom stereocenters. The Labute approximate surface area is 134 Å². The van der Waals surface area contributed by atoms with E-state index in [1.54, 1.807) is 0 Å². The molecule has 0 bridgehead atoms. The molecule has 0 N–H and O–H groups in total. The first-order chi connectivity index (χ1) is 10.1. The van der Waals surface area contributed by atoms with E-state index >= 15 is 0 Å². The highest BCUT2D eigenvalue weighted by Gasteiger charge is 2.26. The lowest BCUT2D eigenvalue weighted by Gasteiger charge is -2.30. The van der Waals surface area contributed by atoms with Gasteiger partial charge in [-0.25, -0.2) is 0 Å². The minimum absolute atomic E-state index is 0.00952. The summed E-state index contributed by atoms with van der Waals surface area (Å²) in [4.78, 5) is 12.7. The van der Waals surface area contributed by atoms with Gasteiger partial charge in [0.15, 0.2) is 5.78 Å². The molecule has 22 heavy (non-hydrogen) atoms. The van der Waals surface area contributed by atoms with Gasteiger partial charge >= 0.3 is 0 Å². The van der Waals surface area contributed by atoms with Crippen LogP contribution in [-0.2, 0) is 10.8 Å². The quantitative estimate of drug-likeness (QED) is 0.667. The van der Waals surface area contributed by atoms with Crippen molar-refractivity contribution in [2.45, 2.75) is 52.4 Å². The molecule has 1 heteroatoms. The highest BCUT2D eigenvalue weighted by atomic mass is 16.1. The summed E-state index contributed by atoms with van der Waals surface area (Å²) < 4.78 is 0. The summed E-state index contributed by atoms with van der Waals surface area (Å²) >= 11 is 0. The van der Waals surface area contributed by atoms with Gasteiger partial charge in [0.05, 0.1) is 0 Å². The smallest absolute Gasteiger partial charge is 0.193 e. The molecule has 0 saturated carbocycles. The van der Waals surface area contributed by atoms with Gasteiger partial charge in [0.2, 0.25) is 0 Å². The van der Waals surface area contributed by atoms with E-state index in [2.05, 4.69) is 53.7 Å². The van der Waals surface area contributed by atoms with Crippen molar-refractivity contribution >= 4 is 5.78 Å². The predicted octanol–water partition coefficient (Wildman–Crippen LogP) is 5.51. The second-order valence-corrected chi connectivity index (χ2v) is 7.96. The summed E-state index contributed by atoms with van der Waals surface area (Å²) in [7, 11) is 0. The minimum atomic E-state index is 0.00952. The first-order valence-electron chi connectivity index (χ1n) is 7.85. The molecule has 0 amide bonds. The Morgan fingerprint density at radius 1 is 0.682 bits per heavy atom. The van der Waals surface area contributed by atoms with Crippen molar-refractivity contribution in [1.29, 1.82) is 0 Å². The van der Waals surface area contributed by atoms with Gasteiger partial charge in [0.25, 0.3) is 0 Å². The Hall–Kier alpha value is -1.89. The third-order valence-electron chi connectivity index (χ3n) is 3.93. The Bertz CT molecular complexity index is 667. The van der Waals surface area contributed by atoms with E-state index in [4.69, 9.17) is 0 Å². The van der Waals surface area contributed by atoms with E-state index in [1.165, 1.54) is 11.1 Å². The zero-order valence-electron chi connectivity index (χ0n) is 14.5. The van der Waals surface area contributed by atoms with Crippen molar-refractivity contribution in [2.75, 3.05) is 0 Å². The van der Waals surface area contributed by atoms with Crippen LogP contribution in [0.15, 0.2) is 48.5 Å². The largest absolute Gasteiger partial charge is 0.289 e. The summed E-state index contributed by atoms with van der Waals surface area (Å²) in [6.45, 7) is 13.3. The number of carbonyl (C=O) groups excluding carboxylic acids is 1. The van der Waals surface area contributed by atoms with Gasteiger partial charge in [0, 0.05) is 11.1 Å². The Morgan fingerprint density at radius 3 is 1.73 bits per heavy atom. The van der Waals surface area contributed by atoms with Crippen molar-refractivity contribution < 1.29 is 4.79 Å². The van der Waals surface area contributed by atoms with Gasteiger partial charge in [-0.2, -0.15) is 0 Å². The highest BCUT2D eigenvalue weighted by molar-refractivity contribution is 6.09. The standard InChI is InChI=1S/C21H26O/c1-20(2,3)17-13-12-16(14-18(17)21(4,5)6)19(22)15-10-8-7-9-11-15/h7-14H,1-6H3. The first-order valence-corrected chi connectivity index (χ1v) is 7.85. The van der Waals surface area contributed by atoms with E-state index in [0.29, 0.717) is 0 Å². The molecule has 116 valence electrons. The van der Waals surface area contributed by atoms with Gasteiger partial charge < -0.3 is 0 Å². The second-order valence-electron chi connectivity index (χ2n) is 7.96. The number of carbonyl (C=O) groups is 1. The average molecular weight is 294 g/mol. The summed E-state index contributed by atoms with van der Waals surface area (Å²) in [6.07, 6.45) is 0. The molecule has 1 nitrogen and oxygen atoms in total. The Morgan fingerprint density at radius 2 is 1.23 bits per heavy atom. The lowest BCUT2D eigenvalue weighted by molar-refractivity contribution is 0.103. The summed E-state index contributed by atoms with van der Waals surface area (Å²) in [5, 5.41) is 0. The van der Waals surface area contributed by atoms with Crippen LogP contribution < -0.4 is 0 Å². The van der Waals surface area contributed by atoms with Crippen molar-refractivity contribution in [1.82, 2.24) is 0 Å². The lowest BCUT2D eigenvalue weighted by atomic mass is 9.74. The molecular formula is C21H26O. The normalized spacial score (nSPS) is 12.3. The third kappa shape index (κ3) is 3.47. The maximum Gasteiger partial charge on any atom is 0.193 e. The number of hydrogen-bond acceptors (Lipinski definition) is 1. The molecule has 0 aromatic heterocycles. The van der Waals surface area contributed by atoms with Crippen LogP contribution in [0.5, 0.6) is 0 Å². The van der Waals surface area contributed by atoms with Gasteiger partial charge in [-0.1, -0.05) is 84.0 Å². The fourth-order valence-corrected chi connectivity index (χ4v) is 2.72. The van der Waals surface area contributed by atoms with E-state index in [9.17, 15) is 4.79 Å². The summed E-state index contributed by atoms with van der Waals surface area (Å²) in [5.41, 5.74) is 4.15. The van der Waals surface area contributed by atoms with Crippen molar-refractivity contribution in [3.8, 4) is 0 Å². The number of rotatable bonds is 2. The fourth-order valence-electron chi connectivity index (χ4n) is 2.72. The Kier molecular flexibility index (Phi) is 4.28. The molecule has 0 fully saturated rings. The lowest BCUT2D eigenvalue weighted by Crippen LogP contribution is -2.22. The third-order valence-corrected chi connectivity index (χ3v) is 3.93. The molecule has 0 heterocycles. The van der Waals surface area contributed by atoms with Crippen LogP contribution in [-0.4, -0.2) is 5.78 Å². The molecule has 0 aliphatic carbocycles. The van der Waals surface area contributed by atoms with Gasteiger partial charge in [-0.15, -0.1) is 0 Å². The minimum Gasteiger partial charge on any atom is -0.289 e. The van der Waals surface area contributed by atoms with E-state index in [-0.39, 0.29) is 16.6 Å². The Balaban J connectivity index is 2.55. The molecule has 2 aromatic rings. The maximum atomic E-state index is 12.7. The van der Waals surface area contributed by atoms with Crippen LogP contribution in [0.1, 0.15) is 68.6 Å². The average Bonchev–Trinajstić information content (AvgIpc) is 2.45. The second kappa shape index (κ2) is 5.72. The van der Waals surface area contributed by atoms with E-state index < -0.39 is 0 Å². The summed E-state index contributed by atoms with van der Waals surface area (Å²) in [5.74, 6) is 0.0894. The zero-order valence-corrected chi connectivity index (χ0v) is 14.5. The molecule has 0 aliphatic rings. The van der Waals surface area contributed by atoms with Gasteiger partial charge in [0.1, 0.15) is 0 Å².